The van der Waals surface area contributed by atoms with Crippen LogP contribution in [0, 0.1) is 0 Å². The number of benzene rings is 2. The molecule has 2 amide bonds. The number of para-hydroxylation sites is 1. The molecule has 0 aliphatic carbocycles. The van der Waals surface area contributed by atoms with Crippen molar-refractivity contribution in [2.45, 2.75) is 19.8 Å². The Hall–Kier alpha value is -3.08. The minimum Gasteiger partial charge on any atom is -0.496 e. The number of hydrogen-bond acceptors (Lipinski definition) is 3. The third kappa shape index (κ3) is 5.77. The number of carbonyl (C=O) groups excluding carboxylic acids is 2. The second-order valence-electron chi connectivity index (χ2n) is 5.75. The van der Waals surface area contributed by atoms with Crippen LogP contribution in [0.25, 0.3) is 6.08 Å². The molecular formula is C21H24N2O3. The predicted octanol–water partition coefficient (Wildman–Crippen LogP) is 3.88. The van der Waals surface area contributed by atoms with Gasteiger partial charge in [-0.25, -0.2) is 0 Å². The molecule has 2 aromatic rings. The summed E-state index contributed by atoms with van der Waals surface area (Å²) in [5, 5.41) is 5.63. The van der Waals surface area contributed by atoms with Crippen molar-refractivity contribution in [3.8, 4) is 5.75 Å². The van der Waals surface area contributed by atoms with Crippen molar-refractivity contribution in [3.05, 3.63) is 65.7 Å². The van der Waals surface area contributed by atoms with E-state index in [0.717, 1.165) is 18.4 Å². The Labute approximate surface area is 154 Å². The second kappa shape index (κ2) is 10.0. The van der Waals surface area contributed by atoms with Crippen molar-refractivity contribution in [2.24, 2.45) is 0 Å². The standard InChI is InChI=1S/C21H24N2O3/c1-3-4-14-22-21(25)17-9-7-10-18(15-17)23-20(24)13-12-16-8-5-6-11-19(16)26-2/h5-13,15H,3-4,14H2,1-2H3,(H,22,25)(H,23,24)/b13-12+. The van der Waals surface area contributed by atoms with Gasteiger partial charge in [0.1, 0.15) is 5.75 Å². The average molecular weight is 352 g/mol. The average Bonchev–Trinajstić information content (AvgIpc) is 2.67. The summed E-state index contributed by atoms with van der Waals surface area (Å²) >= 11 is 0. The number of hydrogen-bond donors (Lipinski definition) is 2. The van der Waals surface area contributed by atoms with Gasteiger partial charge in [0, 0.05) is 29.4 Å². The topological polar surface area (TPSA) is 67.4 Å². The first kappa shape index (κ1) is 19.2. The van der Waals surface area contributed by atoms with Gasteiger partial charge < -0.3 is 15.4 Å². The molecule has 0 unspecified atom stereocenters. The van der Waals surface area contributed by atoms with Gasteiger partial charge in [0.15, 0.2) is 0 Å². The Morgan fingerprint density at radius 1 is 1.12 bits per heavy atom. The summed E-state index contributed by atoms with van der Waals surface area (Å²) in [5.41, 5.74) is 1.91. The van der Waals surface area contributed by atoms with E-state index in [1.807, 2.05) is 24.3 Å². The minimum absolute atomic E-state index is 0.140. The van der Waals surface area contributed by atoms with E-state index in [0.29, 0.717) is 23.5 Å². The number of rotatable bonds is 8. The fraction of sp³-hybridized carbons (Fsp3) is 0.238. The van der Waals surface area contributed by atoms with Gasteiger partial charge in [0.2, 0.25) is 5.91 Å². The largest absolute Gasteiger partial charge is 0.496 e. The molecule has 2 N–H and O–H groups in total. The van der Waals surface area contributed by atoms with Crippen LogP contribution in [0.1, 0.15) is 35.7 Å². The molecule has 0 radical (unpaired) electrons. The molecular weight excluding hydrogens is 328 g/mol. The zero-order valence-electron chi connectivity index (χ0n) is 15.1. The quantitative estimate of drug-likeness (QED) is 0.560. The van der Waals surface area contributed by atoms with E-state index in [4.69, 9.17) is 4.74 Å². The van der Waals surface area contributed by atoms with Gasteiger partial charge in [-0.05, 0) is 36.8 Å². The maximum absolute atomic E-state index is 12.1. The molecule has 0 atom stereocenters. The molecule has 0 aliphatic rings. The number of methoxy groups -OCH3 is 1. The highest BCUT2D eigenvalue weighted by atomic mass is 16.5. The van der Waals surface area contributed by atoms with Crippen LogP contribution >= 0.6 is 0 Å². The Morgan fingerprint density at radius 3 is 2.69 bits per heavy atom. The summed E-state index contributed by atoms with van der Waals surface area (Å²) < 4.78 is 5.25. The number of nitrogens with one attached hydrogen (secondary N) is 2. The van der Waals surface area contributed by atoms with Crippen molar-refractivity contribution in [1.29, 1.82) is 0 Å². The Kier molecular flexibility index (Phi) is 7.43. The molecule has 0 heterocycles. The van der Waals surface area contributed by atoms with Crippen molar-refractivity contribution in [2.75, 3.05) is 19.0 Å². The van der Waals surface area contributed by atoms with Crippen LogP contribution in [0.5, 0.6) is 5.75 Å². The Bertz CT molecular complexity index is 784. The summed E-state index contributed by atoms with van der Waals surface area (Å²) in [5.74, 6) is 0.279. The Morgan fingerprint density at radius 2 is 1.92 bits per heavy atom. The molecule has 0 saturated heterocycles. The lowest BCUT2D eigenvalue weighted by atomic mass is 10.1. The smallest absolute Gasteiger partial charge is 0.251 e. The molecule has 26 heavy (non-hydrogen) atoms. The van der Waals surface area contributed by atoms with Gasteiger partial charge >= 0.3 is 0 Å². The van der Waals surface area contributed by atoms with E-state index < -0.39 is 0 Å². The first-order chi connectivity index (χ1) is 12.6. The van der Waals surface area contributed by atoms with Crippen molar-refractivity contribution in [1.82, 2.24) is 5.32 Å². The zero-order chi connectivity index (χ0) is 18.8. The van der Waals surface area contributed by atoms with Crippen LogP contribution in [-0.2, 0) is 4.79 Å². The van der Waals surface area contributed by atoms with E-state index in [-0.39, 0.29) is 11.8 Å². The SMILES string of the molecule is CCCCNC(=O)c1cccc(NC(=O)/C=C/c2ccccc2OC)c1. The van der Waals surface area contributed by atoms with Crippen molar-refractivity contribution in [3.63, 3.8) is 0 Å². The molecule has 0 fully saturated rings. The van der Waals surface area contributed by atoms with E-state index in [9.17, 15) is 9.59 Å². The van der Waals surface area contributed by atoms with Gasteiger partial charge in [-0.2, -0.15) is 0 Å². The highest BCUT2D eigenvalue weighted by Gasteiger charge is 2.06. The highest BCUT2D eigenvalue weighted by molar-refractivity contribution is 6.03. The number of carbonyl (C=O) groups is 2. The lowest BCUT2D eigenvalue weighted by Crippen LogP contribution is -2.24. The second-order valence-corrected chi connectivity index (χ2v) is 5.75. The zero-order valence-corrected chi connectivity index (χ0v) is 15.1. The highest BCUT2D eigenvalue weighted by Crippen LogP contribution is 2.18. The van der Waals surface area contributed by atoms with Crippen LogP contribution in [0.4, 0.5) is 5.69 Å². The molecule has 0 bridgehead atoms. The van der Waals surface area contributed by atoms with Gasteiger partial charge in [0.25, 0.3) is 5.91 Å². The maximum Gasteiger partial charge on any atom is 0.251 e. The third-order valence-corrected chi connectivity index (χ3v) is 3.76. The molecule has 2 aromatic carbocycles. The molecule has 2 rings (SSSR count). The number of unbranched alkanes of at least 4 members (excludes halogenated alkanes) is 1. The minimum atomic E-state index is -0.278. The van der Waals surface area contributed by atoms with Crippen LogP contribution in [0.15, 0.2) is 54.6 Å². The predicted molar refractivity (Wildman–Crippen MR) is 104 cm³/mol. The van der Waals surface area contributed by atoms with Crippen molar-refractivity contribution < 1.29 is 14.3 Å². The summed E-state index contributed by atoms with van der Waals surface area (Å²) in [4.78, 5) is 24.2. The van der Waals surface area contributed by atoms with Gasteiger partial charge in [-0.3, -0.25) is 9.59 Å². The molecule has 0 aromatic heterocycles. The number of ether oxygens (including phenoxy) is 1. The third-order valence-electron chi connectivity index (χ3n) is 3.76. The van der Waals surface area contributed by atoms with Gasteiger partial charge in [0.05, 0.1) is 7.11 Å². The van der Waals surface area contributed by atoms with E-state index in [1.54, 1.807) is 37.5 Å². The fourth-order valence-electron chi connectivity index (χ4n) is 2.37. The summed E-state index contributed by atoms with van der Waals surface area (Å²) in [7, 11) is 1.59. The fourth-order valence-corrected chi connectivity index (χ4v) is 2.37. The summed E-state index contributed by atoms with van der Waals surface area (Å²) in [6.45, 7) is 2.72. The normalized spacial score (nSPS) is 10.5. The van der Waals surface area contributed by atoms with E-state index >= 15 is 0 Å². The van der Waals surface area contributed by atoms with Crippen LogP contribution in [0.3, 0.4) is 0 Å². The molecule has 0 saturated carbocycles. The van der Waals surface area contributed by atoms with Crippen LogP contribution in [-0.4, -0.2) is 25.5 Å². The van der Waals surface area contributed by atoms with Gasteiger partial charge in [-0.15, -0.1) is 0 Å². The number of anilines is 1. The molecule has 0 aliphatic heterocycles. The summed E-state index contributed by atoms with van der Waals surface area (Å²) in [6.07, 6.45) is 5.09. The monoisotopic (exact) mass is 352 g/mol. The first-order valence-corrected chi connectivity index (χ1v) is 8.64. The van der Waals surface area contributed by atoms with Gasteiger partial charge in [-0.1, -0.05) is 37.6 Å². The van der Waals surface area contributed by atoms with Crippen LogP contribution < -0.4 is 15.4 Å². The molecule has 136 valence electrons. The van der Waals surface area contributed by atoms with Crippen LogP contribution in [0.2, 0.25) is 0 Å². The molecule has 5 nitrogen and oxygen atoms in total. The lowest BCUT2D eigenvalue weighted by molar-refractivity contribution is -0.111. The maximum atomic E-state index is 12.1. The van der Waals surface area contributed by atoms with E-state index in [1.165, 1.54) is 6.08 Å². The first-order valence-electron chi connectivity index (χ1n) is 8.64. The van der Waals surface area contributed by atoms with Crippen molar-refractivity contribution >= 4 is 23.6 Å². The lowest BCUT2D eigenvalue weighted by Gasteiger charge is -2.07. The Balaban J connectivity index is 1.99. The molecule has 0 spiro atoms. The summed E-state index contributed by atoms with van der Waals surface area (Å²) in [6, 6.07) is 14.3. The molecule has 5 heteroatoms. The van der Waals surface area contributed by atoms with E-state index in [2.05, 4.69) is 17.6 Å². The number of amides is 2.